The molecule has 1 aliphatic heterocycles. The third kappa shape index (κ3) is 2.79. The minimum Gasteiger partial charge on any atom is -0.347 e. The van der Waals surface area contributed by atoms with Crippen LogP contribution in [0.25, 0.3) is 0 Å². The lowest BCUT2D eigenvalue weighted by atomic mass is 9.99. The Balaban J connectivity index is 1.31. The number of thiophene rings is 2. The van der Waals surface area contributed by atoms with Crippen molar-refractivity contribution >= 4 is 34.5 Å². The summed E-state index contributed by atoms with van der Waals surface area (Å²) >= 11 is 3.16. The largest absolute Gasteiger partial charge is 0.347 e. The molecule has 4 nitrogen and oxygen atoms in total. The molecule has 2 aliphatic carbocycles. The Bertz CT molecular complexity index is 819. The summed E-state index contributed by atoms with van der Waals surface area (Å²) in [4.78, 5) is 30.6. The SMILES string of the molecule is O=C(NC1CC2CC1N(C(=O)c1cc3c(s1)CCCC3)C2)c1cccs1. The Kier molecular flexibility index (Phi) is 4.13. The van der Waals surface area contributed by atoms with Crippen LogP contribution in [0.1, 0.15) is 55.5 Å². The lowest BCUT2D eigenvalue weighted by Crippen LogP contribution is -2.51. The second kappa shape index (κ2) is 6.50. The number of fused-ring (bicyclic) bond motifs is 3. The molecule has 1 saturated heterocycles. The number of rotatable bonds is 3. The van der Waals surface area contributed by atoms with Gasteiger partial charge >= 0.3 is 0 Å². The van der Waals surface area contributed by atoms with Crippen LogP contribution in [0.4, 0.5) is 0 Å². The summed E-state index contributed by atoms with van der Waals surface area (Å²) < 4.78 is 0. The lowest BCUT2D eigenvalue weighted by molar-refractivity contribution is 0.0653. The van der Waals surface area contributed by atoms with Crippen molar-refractivity contribution in [3.05, 3.63) is 43.8 Å². The number of amides is 2. The van der Waals surface area contributed by atoms with E-state index >= 15 is 0 Å². The molecule has 5 rings (SSSR count). The van der Waals surface area contributed by atoms with Crippen molar-refractivity contribution in [2.75, 3.05) is 6.54 Å². The molecular weight excluding hydrogens is 364 g/mol. The fourth-order valence-electron chi connectivity index (χ4n) is 4.80. The number of carbonyl (C=O) groups excluding carboxylic acids is 2. The molecule has 2 fully saturated rings. The molecule has 2 amide bonds. The van der Waals surface area contributed by atoms with Crippen LogP contribution in [0.5, 0.6) is 0 Å². The number of hydrogen-bond donors (Lipinski definition) is 1. The summed E-state index contributed by atoms with van der Waals surface area (Å²) in [6, 6.07) is 6.12. The van der Waals surface area contributed by atoms with Crippen molar-refractivity contribution in [3.8, 4) is 0 Å². The minimum atomic E-state index is -0.00321. The van der Waals surface area contributed by atoms with E-state index in [0.29, 0.717) is 5.92 Å². The van der Waals surface area contributed by atoms with E-state index in [4.69, 9.17) is 0 Å². The fourth-order valence-corrected chi connectivity index (χ4v) is 6.64. The number of hydrogen-bond acceptors (Lipinski definition) is 4. The average molecular weight is 387 g/mol. The molecule has 3 atom stereocenters. The van der Waals surface area contributed by atoms with Gasteiger partial charge in [0.15, 0.2) is 0 Å². The maximum absolute atomic E-state index is 13.1. The second-order valence-electron chi connectivity index (χ2n) is 7.69. The van der Waals surface area contributed by atoms with E-state index in [1.807, 2.05) is 22.4 Å². The molecule has 2 bridgehead atoms. The number of aryl methyl sites for hydroxylation is 2. The lowest BCUT2D eigenvalue weighted by Gasteiger charge is -2.33. The molecule has 3 unspecified atom stereocenters. The average Bonchev–Trinajstić information content (AvgIpc) is 3.43. The zero-order valence-electron chi connectivity index (χ0n) is 14.6. The summed E-state index contributed by atoms with van der Waals surface area (Å²) in [7, 11) is 0. The van der Waals surface area contributed by atoms with E-state index < -0.39 is 0 Å². The van der Waals surface area contributed by atoms with Crippen LogP contribution in [0, 0.1) is 5.92 Å². The van der Waals surface area contributed by atoms with E-state index in [0.717, 1.165) is 42.0 Å². The van der Waals surface area contributed by atoms with Gasteiger partial charge in [-0.15, -0.1) is 22.7 Å². The molecule has 136 valence electrons. The van der Waals surface area contributed by atoms with E-state index in [9.17, 15) is 9.59 Å². The standard InChI is InChI=1S/C20H22N2O2S2/c23-19(17-6-3-7-25-17)21-14-8-12-9-15(14)22(11-12)20(24)18-10-13-4-1-2-5-16(13)26-18/h3,6-7,10,12,14-15H,1-2,4-5,8-9,11H2,(H,21,23). The van der Waals surface area contributed by atoms with Crippen LogP contribution in [-0.2, 0) is 12.8 Å². The van der Waals surface area contributed by atoms with Crippen molar-refractivity contribution in [3.63, 3.8) is 0 Å². The Labute approximate surface area is 161 Å². The van der Waals surface area contributed by atoms with Crippen LogP contribution in [0.3, 0.4) is 0 Å². The molecule has 0 radical (unpaired) electrons. The first kappa shape index (κ1) is 16.5. The molecule has 26 heavy (non-hydrogen) atoms. The van der Waals surface area contributed by atoms with Gasteiger partial charge in [0.05, 0.1) is 15.8 Å². The van der Waals surface area contributed by atoms with Gasteiger partial charge in [-0.3, -0.25) is 9.59 Å². The summed E-state index contributed by atoms with van der Waals surface area (Å²) in [5.74, 6) is 0.690. The van der Waals surface area contributed by atoms with Crippen LogP contribution >= 0.6 is 22.7 Å². The quantitative estimate of drug-likeness (QED) is 0.874. The molecule has 1 saturated carbocycles. The van der Waals surface area contributed by atoms with Gasteiger partial charge in [-0.1, -0.05) is 6.07 Å². The topological polar surface area (TPSA) is 49.4 Å². The summed E-state index contributed by atoms with van der Waals surface area (Å²) in [6.07, 6.45) is 6.73. The summed E-state index contributed by atoms with van der Waals surface area (Å²) in [5, 5.41) is 5.10. The van der Waals surface area contributed by atoms with Crippen molar-refractivity contribution in [1.82, 2.24) is 10.2 Å². The van der Waals surface area contributed by atoms with E-state index in [2.05, 4.69) is 11.4 Å². The van der Waals surface area contributed by atoms with Gasteiger partial charge in [0.1, 0.15) is 0 Å². The number of nitrogens with zero attached hydrogens (tertiary/aromatic N) is 1. The van der Waals surface area contributed by atoms with Crippen LogP contribution in [-0.4, -0.2) is 35.3 Å². The van der Waals surface area contributed by atoms with E-state index in [-0.39, 0.29) is 23.9 Å². The highest BCUT2D eigenvalue weighted by atomic mass is 32.1. The molecule has 2 aromatic rings. The first-order chi connectivity index (χ1) is 12.7. The number of likely N-dealkylation sites (tertiary alicyclic amines) is 1. The molecule has 0 spiro atoms. The van der Waals surface area contributed by atoms with Gasteiger partial charge in [-0.25, -0.2) is 0 Å². The third-order valence-electron chi connectivity index (χ3n) is 6.01. The van der Waals surface area contributed by atoms with Crippen molar-refractivity contribution in [2.45, 2.75) is 50.6 Å². The van der Waals surface area contributed by atoms with E-state index in [1.54, 1.807) is 11.3 Å². The Morgan fingerprint density at radius 1 is 1.15 bits per heavy atom. The minimum absolute atomic E-state index is 0.00321. The molecule has 1 N–H and O–H groups in total. The first-order valence-electron chi connectivity index (χ1n) is 9.46. The first-order valence-corrected chi connectivity index (χ1v) is 11.2. The molecule has 3 heterocycles. The zero-order valence-corrected chi connectivity index (χ0v) is 16.2. The van der Waals surface area contributed by atoms with Gasteiger partial charge in [0.25, 0.3) is 11.8 Å². The smallest absolute Gasteiger partial charge is 0.264 e. The van der Waals surface area contributed by atoms with Crippen molar-refractivity contribution < 1.29 is 9.59 Å². The molecule has 6 heteroatoms. The molecule has 2 aromatic heterocycles. The molecular formula is C20H22N2O2S2. The summed E-state index contributed by atoms with van der Waals surface area (Å²) in [6.45, 7) is 0.845. The maximum Gasteiger partial charge on any atom is 0.264 e. The van der Waals surface area contributed by atoms with Crippen LogP contribution in [0.15, 0.2) is 23.6 Å². The second-order valence-corrected chi connectivity index (χ2v) is 9.77. The predicted octanol–water partition coefficient (Wildman–Crippen LogP) is 3.72. The van der Waals surface area contributed by atoms with Gasteiger partial charge in [-0.2, -0.15) is 0 Å². The monoisotopic (exact) mass is 386 g/mol. The van der Waals surface area contributed by atoms with Crippen molar-refractivity contribution in [2.24, 2.45) is 5.92 Å². The Hall–Kier alpha value is -1.66. The third-order valence-corrected chi connectivity index (χ3v) is 8.11. The number of carbonyl (C=O) groups is 2. The van der Waals surface area contributed by atoms with Crippen LogP contribution in [0.2, 0.25) is 0 Å². The number of nitrogens with one attached hydrogen (secondary N) is 1. The van der Waals surface area contributed by atoms with Gasteiger partial charge in [0.2, 0.25) is 0 Å². The van der Waals surface area contributed by atoms with Crippen molar-refractivity contribution in [1.29, 1.82) is 0 Å². The van der Waals surface area contributed by atoms with E-state index in [1.165, 1.54) is 34.6 Å². The maximum atomic E-state index is 13.1. The van der Waals surface area contributed by atoms with Gasteiger partial charge < -0.3 is 10.2 Å². The normalized spacial score (nSPS) is 26.8. The highest BCUT2D eigenvalue weighted by Crippen LogP contribution is 2.40. The Morgan fingerprint density at radius 3 is 2.81 bits per heavy atom. The number of piperidine rings is 1. The highest BCUT2D eigenvalue weighted by molar-refractivity contribution is 7.14. The Morgan fingerprint density at radius 2 is 2.04 bits per heavy atom. The summed E-state index contributed by atoms with van der Waals surface area (Å²) in [5.41, 5.74) is 1.39. The molecule has 3 aliphatic rings. The molecule has 0 aromatic carbocycles. The highest BCUT2D eigenvalue weighted by Gasteiger charge is 2.47. The predicted molar refractivity (Wildman–Crippen MR) is 104 cm³/mol. The van der Waals surface area contributed by atoms with Gasteiger partial charge in [0, 0.05) is 17.5 Å². The fraction of sp³-hybridized carbons (Fsp3) is 0.500. The zero-order chi connectivity index (χ0) is 17.7. The van der Waals surface area contributed by atoms with Gasteiger partial charge in [-0.05, 0) is 67.5 Å². The van der Waals surface area contributed by atoms with Crippen LogP contribution < -0.4 is 5.32 Å².